The van der Waals surface area contributed by atoms with E-state index in [2.05, 4.69) is 17.1 Å². The third kappa shape index (κ3) is 3.03. The van der Waals surface area contributed by atoms with Gasteiger partial charge in [0, 0.05) is 22.4 Å². The lowest BCUT2D eigenvalue weighted by atomic mass is 10.2. The van der Waals surface area contributed by atoms with Crippen LogP contribution in [0, 0.1) is 5.82 Å². The van der Waals surface area contributed by atoms with Crippen molar-refractivity contribution in [2.24, 2.45) is 0 Å². The number of halogens is 1. The summed E-state index contributed by atoms with van der Waals surface area (Å²) in [4.78, 5) is 4.40. The van der Waals surface area contributed by atoms with E-state index in [9.17, 15) is 4.39 Å². The van der Waals surface area contributed by atoms with Gasteiger partial charge in [-0.3, -0.25) is 0 Å². The first kappa shape index (κ1) is 14.7. The van der Waals surface area contributed by atoms with Crippen LogP contribution in [0.1, 0.15) is 24.4 Å². The largest absolute Gasteiger partial charge is 0.399 e. The van der Waals surface area contributed by atoms with Crippen molar-refractivity contribution in [1.29, 1.82) is 0 Å². The normalized spacial score (nSPS) is 22.4. The van der Waals surface area contributed by atoms with Crippen LogP contribution in [0.5, 0.6) is 0 Å². The molecule has 1 fully saturated rings. The van der Waals surface area contributed by atoms with Crippen molar-refractivity contribution in [3.05, 3.63) is 29.8 Å². The molecular formula is C14H16FN3OS2. The molecule has 0 spiro atoms. The van der Waals surface area contributed by atoms with E-state index in [1.54, 1.807) is 0 Å². The second-order valence-corrected chi connectivity index (χ2v) is 7.40. The lowest BCUT2D eigenvalue weighted by Gasteiger charge is -2.27. The van der Waals surface area contributed by atoms with Gasteiger partial charge in [-0.25, -0.2) is 4.39 Å². The summed E-state index contributed by atoms with van der Waals surface area (Å²) in [6, 6.07) is 4.35. The summed E-state index contributed by atoms with van der Waals surface area (Å²) >= 11 is 3.78. The highest BCUT2D eigenvalue weighted by Gasteiger charge is 2.30. The average molecular weight is 325 g/mol. The maximum atomic E-state index is 13.9. The Morgan fingerprint density at radius 2 is 2.19 bits per heavy atom. The zero-order valence-corrected chi connectivity index (χ0v) is 13.2. The molecule has 0 bridgehead atoms. The van der Waals surface area contributed by atoms with Gasteiger partial charge in [-0.15, -0.1) is 11.8 Å². The molecule has 1 aromatic carbocycles. The Hall–Kier alpha value is -1.21. The number of rotatable bonds is 3. The Kier molecular flexibility index (Phi) is 4.40. The van der Waals surface area contributed by atoms with E-state index in [1.807, 2.05) is 23.5 Å². The minimum absolute atomic E-state index is 0.195. The number of nitrogens with two attached hydrogens (primary N) is 1. The van der Waals surface area contributed by atoms with E-state index < -0.39 is 5.82 Å². The van der Waals surface area contributed by atoms with Crippen molar-refractivity contribution in [3.63, 3.8) is 0 Å². The third-order valence-electron chi connectivity index (χ3n) is 3.37. The van der Waals surface area contributed by atoms with E-state index in [0.29, 0.717) is 16.8 Å². The van der Waals surface area contributed by atoms with Gasteiger partial charge in [0.2, 0.25) is 0 Å². The zero-order chi connectivity index (χ0) is 14.8. The predicted molar refractivity (Wildman–Crippen MR) is 85.8 cm³/mol. The molecule has 2 atom stereocenters. The van der Waals surface area contributed by atoms with Crippen molar-refractivity contribution in [1.82, 2.24) is 10.1 Å². The van der Waals surface area contributed by atoms with E-state index in [-0.39, 0.29) is 16.7 Å². The monoisotopic (exact) mass is 325 g/mol. The number of hydrogen-bond donors (Lipinski definition) is 1. The van der Waals surface area contributed by atoms with Crippen molar-refractivity contribution >= 4 is 29.2 Å². The minimum atomic E-state index is -0.405. The molecule has 1 aliphatic rings. The first-order chi connectivity index (χ1) is 10.2. The number of benzene rings is 1. The van der Waals surface area contributed by atoms with Gasteiger partial charge in [0.05, 0.1) is 10.8 Å². The number of nitrogen functional groups attached to an aromatic ring is 1. The van der Waals surface area contributed by atoms with Gasteiger partial charge >= 0.3 is 0 Å². The highest BCUT2D eigenvalue weighted by Crippen LogP contribution is 2.43. The van der Waals surface area contributed by atoms with Crippen LogP contribution in [0.4, 0.5) is 10.1 Å². The van der Waals surface area contributed by atoms with Crippen LogP contribution in [-0.4, -0.2) is 26.9 Å². The average Bonchev–Trinajstić information content (AvgIpc) is 2.99. The minimum Gasteiger partial charge on any atom is -0.399 e. The molecule has 112 valence electrons. The molecule has 2 unspecified atom stereocenters. The fourth-order valence-electron chi connectivity index (χ4n) is 2.31. The summed E-state index contributed by atoms with van der Waals surface area (Å²) < 4.78 is 19.1. The van der Waals surface area contributed by atoms with Gasteiger partial charge in [0.1, 0.15) is 5.82 Å². The molecule has 7 heteroatoms. The van der Waals surface area contributed by atoms with Crippen molar-refractivity contribution in [2.75, 3.05) is 17.2 Å². The molecule has 0 radical (unpaired) electrons. The van der Waals surface area contributed by atoms with Gasteiger partial charge in [-0.1, -0.05) is 12.1 Å². The predicted octanol–water partition coefficient (Wildman–Crippen LogP) is 3.76. The van der Waals surface area contributed by atoms with Gasteiger partial charge in [0.15, 0.2) is 5.82 Å². The molecule has 3 rings (SSSR count). The second-order valence-electron chi connectivity index (χ2n) is 4.81. The molecule has 1 saturated heterocycles. The summed E-state index contributed by atoms with van der Waals surface area (Å²) in [5, 5.41) is 4.73. The van der Waals surface area contributed by atoms with Crippen LogP contribution < -0.4 is 5.73 Å². The molecule has 2 N–H and O–H groups in total. The topological polar surface area (TPSA) is 64.9 Å². The molecule has 0 saturated carbocycles. The van der Waals surface area contributed by atoms with Crippen LogP contribution in [0.2, 0.25) is 0 Å². The molecule has 2 aromatic rings. The molecule has 0 aliphatic carbocycles. The molecule has 21 heavy (non-hydrogen) atoms. The smallest absolute Gasteiger partial charge is 0.261 e. The lowest BCUT2D eigenvalue weighted by Crippen LogP contribution is -2.19. The summed E-state index contributed by atoms with van der Waals surface area (Å²) in [5.41, 5.74) is 6.43. The maximum absolute atomic E-state index is 13.9. The lowest BCUT2D eigenvalue weighted by molar-refractivity contribution is 0.419. The third-order valence-corrected chi connectivity index (χ3v) is 6.61. The van der Waals surface area contributed by atoms with Gasteiger partial charge in [-0.2, -0.15) is 16.7 Å². The Morgan fingerprint density at radius 3 is 3.00 bits per heavy atom. The fourth-order valence-corrected chi connectivity index (χ4v) is 5.29. The molecule has 2 heterocycles. The van der Waals surface area contributed by atoms with Crippen LogP contribution in [0.3, 0.4) is 0 Å². The zero-order valence-electron chi connectivity index (χ0n) is 11.6. The van der Waals surface area contributed by atoms with Crippen LogP contribution >= 0.6 is 23.5 Å². The Morgan fingerprint density at radius 1 is 1.38 bits per heavy atom. The Balaban J connectivity index is 1.90. The summed E-state index contributed by atoms with van der Waals surface area (Å²) in [7, 11) is 0. The van der Waals surface area contributed by atoms with E-state index in [0.717, 1.165) is 17.9 Å². The highest BCUT2D eigenvalue weighted by molar-refractivity contribution is 8.06. The summed E-state index contributed by atoms with van der Waals surface area (Å²) in [5.74, 6) is 2.66. The Bertz CT molecular complexity index is 634. The van der Waals surface area contributed by atoms with Crippen LogP contribution in [0.25, 0.3) is 11.5 Å². The first-order valence-corrected chi connectivity index (χ1v) is 8.91. The van der Waals surface area contributed by atoms with E-state index in [4.69, 9.17) is 10.3 Å². The van der Waals surface area contributed by atoms with Crippen molar-refractivity contribution in [2.45, 2.75) is 23.8 Å². The fraction of sp³-hybridized carbons (Fsp3) is 0.429. The maximum Gasteiger partial charge on any atom is 0.261 e. The summed E-state index contributed by atoms with van der Waals surface area (Å²) in [6.45, 7) is 2.16. The molecule has 4 nitrogen and oxygen atoms in total. The quantitative estimate of drug-likeness (QED) is 0.867. The number of aromatic nitrogens is 2. The highest BCUT2D eigenvalue weighted by atomic mass is 32.2. The summed E-state index contributed by atoms with van der Waals surface area (Å²) in [6.07, 6.45) is 1.05. The molecule has 1 aliphatic heterocycles. The molecular weight excluding hydrogens is 309 g/mol. The van der Waals surface area contributed by atoms with Crippen molar-refractivity contribution < 1.29 is 8.91 Å². The van der Waals surface area contributed by atoms with E-state index in [1.165, 1.54) is 18.2 Å². The van der Waals surface area contributed by atoms with Crippen LogP contribution in [0.15, 0.2) is 22.7 Å². The van der Waals surface area contributed by atoms with Crippen molar-refractivity contribution in [3.8, 4) is 11.5 Å². The Labute approximate surface area is 131 Å². The second kappa shape index (κ2) is 6.27. The number of hydrogen-bond acceptors (Lipinski definition) is 6. The van der Waals surface area contributed by atoms with E-state index >= 15 is 0 Å². The van der Waals surface area contributed by atoms with Crippen LogP contribution in [-0.2, 0) is 0 Å². The van der Waals surface area contributed by atoms with Gasteiger partial charge < -0.3 is 10.3 Å². The van der Waals surface area contributed by atoms with Gasteiger partial charge in [-0.05, 0) is 24.6 Å². The number of nitrogens with zero attached hydrogens (tertiary/aromatic N) is 2. The standard InChI is InChI=1S/C14H16FN3OS2/c1-2-11-12(21-6-5-20-11)13-17-14(19-18-13)9-7-8(16)3-4-10(9)15/h3-4,7,11-12H,2,5-6,16H2,1H3. The molecule has 1 aromatic heterocycles. The SMILES string of the molecule is CCC1SCCSC1c1noc(-c2cc(N)ccc2F)n1. The molecule has 0 amide bonds. The number of anilines is 1. The first-order valence-electron chi connectivity index (χ1n) is 6.81. The number of thioether (sulfide) groups is 2. The van der Waals surface area contributed by atoms with Gasteiger partial charge in [0.25, 0.3) is 5.89 Å².